The number of nitrogens with two attached hydrogens (primary N) is 1. The lowest BCUT2D eigenvalue weighted by atomic mass is 9.99. The first kappa shape index (κ1) is 13.9. The molecule has 0 atom stereocenters. The molecule has 0 spiro atoms. The van der Waals surface area contributed by atoms with Gasteiger partial charge in [-0.15, -0.1) is 0 Å². The number of benzene rings is 1. The first-order valence-corrected chi connectivity index (χ1v) is 6.03. The van der Waals surface area contributed by atoms with E-state index in [1.165, 1.54) is 19.2 Å². The van der Waals surface area contributed by atoms with E-state index in [0.29, 0.717) is 17.1 Å². The van der Waals surface area contributed by atoms with Crippen LogP contribution >= 0.6 is 0 Å². The molecule has 7 nitrogen and oxygen atoms in total. The van der Waals surface area contributed by atoms with Gasteiger partial charge in [0.25, 0.3) is 0 Å². The Labute approximate surface area is 115 Å². The Balaban J connectivity index is 2.59. The molecule has 1 aromatic carbocycles. The van der Waals surface area contributed by atoms with Gasteiger partial charge in [0.2, 0.25) is 0 Å². The van der Waals surface area contributed by atoms with Crippen molar-refractivity contribution in [2.45, 2.75) is 19.8 Å². The van der Waals surface area contributed by atoms with E-state index in [9.17, 15) is 10.1 Å². The van der Waals surface area contributed by atoms with Crippen molar-refractivity contribution in [3.05, 3.63) is 33.9 Å². The van der Waals surface area contributed by atoms with E-state index in [1.54, 1.807) is 6.07 Å². The lowest BCUT2D eigenvalue weighted by molar-refractivity contribution is -0.385. The quantitative estimate of drug-likeness (QED) is 0.680. The summed E-state index contributed by atoms with van der Waals surface area (Å²) in [6.07, 6.45) is 0. The third kappa shape index (κ3) is 2.29. The molecule has 0 aliphatic carbocycles. The monoisotopic (exact) mass is 277 g/mol. The highest BCUT2D eigenvalue weighted by molar-refractivity contribution is 5.70. The molecule has 0 amide bonds. The van der Waals surface area contributed by atoms with Crippen molar-refractivity contribution in [3.8, 4) is 17.1 Å². The van der Waals surface area contributed by atoms with E-state index in [1.807, 2.05) is 13.8 Å². The molecule has 0 radical (unpaired) electrons. The Morgan fingerprint density at radius 3 is 2.70 bits per heavy atom. The van der Waals surface area contributed by atoms with Gasteiger partial charge in [0, 0.05) is 17.2 Å². The first-order chi connectivity index (χ1) is 9.45. The number of hydrogen-bond acceptors (Lipinski definition) is 6. The van der Waals surface area contributed by atoms with E-state index < -0.39 is 4.92 Å². The highest BCUT2D eigenvalue weighted by Crippen LogP contribution is 2.37. The van der Waals surface area contributed by atoms with Crippen LogP contribution in [0.25, 0.3) is 11.3 Å². The number of methoxy groups -OCH3 is 1. The van der Waals surface area contributed by atoms with Gasteiger partial charge in [-0.2, -0.15) is 0 Å². The maximum Gasteiger partial charge on any atom is 0.311 e. The fourth-order valence-electron chi connectivity index (χ4n) is 2.05. The standard InChI is InChI=1S/C13H15N3O4/c1-7(2)11-12(20-15-13(11)14)8-4-5-10(19-3)9(6-8)16(17)18/h4-7H,1-3H3,(H2,14,15). The molecule has 2 N–H and O–H groups in total. The van der Waals surface area contributed by atoms with E-state index in [2.05, 4.69) is 5.16 Å². The van der Waals surface area contributed by atoms with Crippen LogP contribution in [-0.2, 0) is 0 Å². The van der Waals surface area contributed by atoms with Crippen LogP contribution in [-0.4, -0.2) is 17.2 Å². The molecule has 0 aliphatic heterocycles. The lowest BCUT2D eigenvalue weighted by Gasteiger charge is -2.07. The van der Waals surface area contributed by atoms with Crippen molar-refractivity contribution < 1.29 is 14.2 Å². The third-order valence-corrected chi connectivity index (χ3v) is 2.97. The number of aromatic nitrogens is 1. The molecule has 2 aromatic rings. The average molecular weight is 277 g/mol. The molecule has 0 fully saturated rings. The van der Waals surface area contributed by atoms with Gasteiger partial charge in [0.1, 0.15) is 0 Å². The van der Waals surface area contributed by atoms with Gasteiger partial charge in [-0.05, 0) is 18.1 Å². The van der Waals surface area contributed by atoms with Crippen molar-refractivity contribution in [1.29, 1.82) is 0 Å². The smallest absolute Gasteiger partial charge is 0.311 e. The minimum atomic E-state index is -0.503. The number of nitrogen functional groups attached to an aromatic ring is 1. The zero-order valence-electron chi connectivity index (χ0n) is 11.4. The number of hydrogen-bond donors (Lipinski definition) is 1. The molecule has 0 aliphatic rings. The molecule has 2 rings (SSSR count). The van der Waals surface area contributed by atoms with E-state index in [4.69, 9.17) is 15.0 Å². The van der Waals surface area contributed by atoms with Crippen LogP contribution < -0.4 is 10.5 Å². The average Bonchev–Trinajstić information content (AvgIpc) is 2.79. The highest BCUT2D eigenvalue weighted by atomic mass is 16.6. The summed E-state index contributed by atoms with van der Waals surface area (Å²) in [5, 5.41) is 14.8. The first-order valence-electron chi connectivity index (χ1n) is 6.03. The van der Waals surface area contributed by atoms with Gasteiger partial charge in [-0.1, -0.05) is 19.0 Å². The predicted molar refractivity (Wildman–Crippen MR) is 73.6 cm³/mol. The minimum Gasteiger partial charge on any atom is -0.490 e. The highest BCUT2D eigenvalue weighted by Gasteiger charge is 2.22. The van der Waals surface area contributed by atoms with Gasteiger partial charge < -0.3 is 15.0 Å². The molecule has 0 unspecified atom stereocenters. The second kappa shape index (κ2) is 5.20. The van der Waals surface area contributed by atoms with Gasteiger partial charge in [-0.3, -0.25) is 10.1 Å². The minimum absolute atomic E-state index is 0.0948. The molecule has 1 heterocycles. The Kier molecular flexibility index (Phi) is 3.60. The largest absolute Gasteiger partial charge is 0.490 e. The van der Waals surface area contributed by atoms with Crippen molar-refractivity contribution in [2.24, 2.45) is 0 Å². The zero-order valence-corrected chi connectivity index (χ0v) is 11.4. The molecular weight excluding hydrogens is 262 g/mol. The van der Waals surface area contributed by atoms with Crippen LogP contribution in [0.2, 0.25) is 0 Å². The maximum absolute atomic E-state index is 11.0. The fraction of sp³-hybridized carbons (Fsp3) is 0.308. The summed E-state index contributed by atoms with van der Waals surface area (Å²) < 4.78 is 10.2. The fourth-order valence-corrected chi connectivity index (χ4v) is 2.05. The zero-order chi connectivity index (χ0) is 14.9. The number of nitrogens with zero attached hydrogens (tertiary/aromatic N) is 2. The van der Waals surface area contributed by atoms with E-state index in [-0.39, 0.29) is 17.4 Å². The molecule has 0 bridgehead atoms. The summed E-state index contributed by atoms with van der Waals surface area (Å²) in [6.45, 7) is 3.90. The number of nitro benzene ring substituents is 1. The van der Waals surface area contributed by atoms with E-state index >= 15 is 0 Å². The molecular formula is C13H15N3O4. The normalized spacial score (nSPS) is 10.8. The van der Waals surface area contributed by atoms with Crippen LogP contribution in [0.15, 0.2) is 22.7 Å². The summed E-state index contributed by atoms with van der Waals surface area (Å²) in [7, 11) is 1.38. The Bertz CT molecular complexity index is 649. The maximum atomic E-state index is 11.0. The van der Waals surface area contributed by atoms with Gasteiger partial charge in [-0.25, -0.2) is 0 Å². The molecule has 0 saturated carbocycles. The number of ether oxygens (including phenoxy) is 1. The van der Waals surface area contributed by atoms with Crippen LogP contribution in [0.5, 0.6) is 5.75 Å². The Hall–Kier alpha value is -2.57. The van der Waals surface area contributed by atoms with Crippen molar-refractivity contribution in [2.75, 3.05) is 12.8 Å². The van der Waals surface area contributed by atoms with Gasteiger partial charge in [0.05, 0.1) is 12.0 Å². The Morgan fingerprint density at radius 2 is 2.15 bits per heavy atom. The summed E-state index contributed by atoms with van der Waals surface area (Å²) in [4.78, 5) is 10.5. The lowest BCUT2D eigenvalue weighted by Crippen LogP contribution is -1.97. The van der Waals surface area contributed by atoms with Crippen molar-refractivity contribution >= 4 is 11.5 Å². The van der Waals surface area contributed by atoms with Gasteiger partial charge in [0.15, 0.2) is 17.3 Å². The van der Waals surface area contributed by atoms with Crippen molar-refractivity contribution in [3.63, 3.8) is 0 Å². The predicted octanol–water partition coefficient (Wildman–Crippen LogP) is 2.96. The number of rotatable bonds is 4. The van der Waals surface area contributed by atoms with Crippen LogP contribution in [0.1, 0.15) is 25.3 Å². The third-order valence-electron chi connectivity index (χ3n) is 2.97. The van der Waals surface area contributed by atoms with E-state index in [0.717, 1.165) is 5.56 Å². The van der Waals surface area contributed by atoms with Crippen LogP contribution in [0.4, 0.5) is 11.5 Å². The van der Waals surface area contributed by atoms with Crippen LogP contribution in [0.3, 0.4) is 0 Å². The number of nitro groups is 1. The molecule has 0 saturated heterocycles. The van der Waals surface area contributed by atoms with Gasteiger partial charge >= 0.3 is 5.69 Å². The van der Waals surface area contributed by atoms with Crippen LogP contribution in [0, 0.1) is 10.1 Å². The molecule has 1 aromatic heterocycles. The second-order valence-electron chi connectivity index (χ2n) is 4.61. The number of anilines is 1. The Morgan fingerprint density at radius 1 is 1.45 bits per heavy atom. The van der Waals surface area contributed by atoms with Crippen molar-refractivity contribution in [1.82, 2.24) is 5.16 Å². The SMILES string of the molecule is COc1ccc(-c2onc(N)c2C(C)C)cc1[N+](=O)[O-]. The topological polar surface area (TPSA) is 104 Å². The summed E-state index contributed by atoms with van der Waals surface area (Å²) in [6, 6.07) is 4.60. The molecule has 106 valence electrons. The summed E-state index contributed by atoms with van der Waals surface area (Å²) in [5.74, 6) is 1.03. The summed E-state index contributed by atoms with van der Waals surface area (Å²) in [5.41, 5.74) is 6.93. The summed E-state index contributed by atoms with van der Waals surface area (Å²) >= 11 is 0. The second-order valence-corrected chi connectivity index (χ2v) is 4.61. The molecule has 7 heteroatoms. The molecule has 20 heavy (non-hydrogen) atoms.